The van der Waals surface area contributed by atoms with Gasteiger partial charge in [0, 0.05) is 22.3 Å². The van der Waals surface area contributed by atoms with Crippen LogP contribution >= 0.6 is 0 Å². The smallest absolute Gasteiger partial charge is 0.215 e. The van der Waals surface area contributed by atoms with Crippen molar-refractivity contribution in [2.75, 3.05) is 0 Å². The van der Waals surface area contributed by atoms with Gasteiger partial charge in [0.25, 0.3) is 0 Å². The molecule has 2 saturated carbocycles. The highest BCUT2D eigenvalue weighted by atomic mass is 32.2. The number of benzene rings is 2. The number of hydrogen-bond acceptors (Lipinski definition) is 6. The fraction of sp³-hybridized carbons (Fsp3) is 0.500. The Labute approximate surface area is 321 Å². The van der Waals surface area contributed by atoms with Crippen LogP contribution in [0.25, 0.3) is 11.1 Å². The van der Waals surface area contributed by atoms with Crippen molar-refractivity contribution in [2.45, 2.75) is 140 Å². The van der Waals surface area contributed by atoms with Crippen molar-refractivity contribution >= 4 is 42.8 Å². The summed E-state index contributed by atoms with van der Waals surface area (Å²) in [6.45, 7) is 11.7. The summed E-state index contributed by atoms with van der Waals surface area (Å²) in [5.41, 5.74) is 6.31. The molecule has 2 atom stereocenters. The second kappa shape index (κ2) is 14.3. The molecule has 2 aromatic rings. The Hall–Kier alpha value is -3.44. The summed E-state index contributed by atoms with van der Waals surface area (Å²) in [5.74, 6) is -0.450. The van der Waals surface area contributed by atoms with Gasteiger partial charge < -0.3 is 0 Å². The van der Waals surface area contributed by atoms with Crippen LogP contribution in [0.1, 0.15) is 162 Å². The second-order valence-electron chi connectivity index (χ2n) is 17.1. The molecule has 0 aliphatic heterocycles. The number of allylic oxidation sites excluding steroid dienone is 4. The van der Waals surface area contributed by atoms with Crippen LogP contribution < -0.4 is 9.44 Å². The number of hydrogen-bond donors (Lipinski definition) is 2. The number of fused-ring (bicyclic) bond motifs is 2. The Morgan fingerprint density at radius 3 is 1.22 bits per heavy atom. The van der Waals surface area contributed by atoms with Crippen molar-refractivity contribution in [3.05, 3.63) is 104 Å². The normalized spacial score (nSPS) is 26.0. The van der Waals surface area contributed by atoms with Gasteiger partial charge in [-0.15, -0.1) is 0 Å². The average Bonchev–Trinajstić information content (AvgIpc) is 3.10. The van der Waals surface area contributed by atoms with E-state index in [-0.39, 0.29) is 11.6 Å². The zero-order valence-corrected chi connectivity index (χ0v) is 34.2. The number of rotatable bonds is 8. The molecule has 7 rings (SSSR count). The zero-order chi connectivity index (χ0) is 38.8. The maximum absolute atomic E-state index is 14.6. The van der Waals surface area contributed by atoms with Crippen LogP contribution in [0.5, 0.6) is 0 Å². The van der Waals surface area contributed by atoms with Gasteiger partial charge in [-0.2, -0.15) is 0 Å². The lowest BCUT2D eigenvalue weighted by Crippen LogP contribution is -2.49. The highest BCUT2D eigenvalue weighted by molar-refractivity contribution is 7.90. The molecule has 0 aromatic heterocycles. The molecule has 0 bridgehead atoms. The van der Waals surface area contributed by atoms with Crippen molar-refractivity contribution in [2.24, 2.45) is 0 Å². The summed E-state index contributed by atoms with van der Waals surface area (Å²) in [4.78, 5) is 29.3. The lowest BCUT2D eigenvalue weighted by atomic mass is 9.71. The van der Waals surface area contributed by atoms with Crippen LogP contribution in [-0.4, -0.2) is 50.0 Å². The Morgan fingerprint density at radius 2 is 0.889 bits per heavy atom. The standard InChI is InChI=1S/C44H54N2O6S2/c1-27-23-43(5,45-53(49,50)31-15-9-7-10-16-31)24-28(2)37(27)35-21-22-36(40-39(35)41(47)33-19-13-14-20-34(33)42(40)48)38-29(3)25-44(6,26-30(38)4)46-54(51,52)32-17-11-8-12-18-32/h13-14,19-23,25,31-32,45-46H,7-12,15-18,24,26H2,1-6H3. The minimum atomic E-state index is -3.55. The first kappa shape index (κ1) is 38.8. The van der Waals surface area contributed by atoms with E-state index in [1.165, 1.54) is 0 Å². The summed E-state index contributed by atoms with van der Waals surface area (Å²) >= 11 is 0. The Morgan fingerprint density at radius 1 is 0.537 bits per heavy atom. The van der Waals surface area contributed by atoms with Crippen LogP contribution in [0, 0.1) is 0 Å². The largest absolute Gasteiger partial charge is 0.289 e. The molecule has 2 N–H and O–H groups in total. The third kappa shape index (κ3) is 7.08. The van der Waals surface area contributed by atoms with E-state index in [1.807, 2.05) is 65.8 Å². The van der Waals surface area contributed by atoms with E-state index in [9.17, 15) is 26.4 Å². The molecule has 288 valence electrons. The summed E-state index contributed by atoms with van der Waals surface area (Å²) in [6.07, 6.45) is 13.3. The molecule has 2 unspecified atom stereocenters. The van der Waals surface area contributed by atoms with Gasteiger partial charge in [0.05, 0.1) is 21.6 Å². The molecule has 2 fully saturated rings. The molecular formula is C44H54N2O6S2. The zero-order valence-electron chi connectivity index (χ0n) is 32.5. The van der Waals surface area contributed by atoms with Crippen molar-refractivity contribution in [3.8, 4) is 0 Å². The molecule has 0 heterocycles. The van der Waals surface area contributed by atoms with Gasteiger partial charge in [-0.3, -0.25) is 9.59 Å². The van der Waals surface area contributed by atoms with E-state index in [2.05, 4.69) is 9.44 Å². The minimum absolute atomic E-state index is 0.225. The summed E-state index contributed by atoms with van der Waals surface area (Å²) in [6, 6.07) is 10.8. The summed E-state index contributed by atoms with van der Waals surface area (Å²) < 4.78 is 60.3. The number of ketones is 2. The number of sulfonamides is 2. The van der Waals surface area contributed by atoms with E-state index in [0.29, 0.717) is 71.9 Å². The van der Waals surface area contributed by atoms with Crippen molar-refractivity contribution in [1.29, 1.82) is 0 Å². The topological polar surface area (TPSA) is 126 Å². The molecule has 0 saturated heterocycles. The molecule has 0 radical (unpaired) electrons. The van der Waals surface area contributed by atoms with E-state index >= 15 is 0 Å². The summed E-state index contributed by atoms with van der Waals surface area (Å²) in [7, 11) is -7.10. The third-order valence-corrected chi connectivity index (χ3v) is 16.5. The predicted molar refractivity (Wildman–Crippen MR) is 216 cm³/mol. The fourth-order valence-electron chi connectivity index (χ4n) is 10.4. The molecule has 0 amide bonds. The molecule has 10 heteroatoms. The SMILES string of the molecule is CC1=CC(C)(NS(=O)(=O)C2CCCCC2)CC(C)=C1c1ccc(C2=C(C)CC(C)(NS(=O)(=O)C3CCCCC3)C=C2C)c2c1C(=O)c1ccccc1C2=O. The maximum Gasteiger partial charge on any atom is 0.215 e. The average molecular weight is 771 g/mol. The van der Waals surface area contributed by atoms with Crippen molar-refractivity contribution < 1.29 is 26.4 Å². The highest BCUT2D eigenvalue weighted by Crippen LogP contribution is 2.46. The summed E-state index contributed by atoms with van der Waals surface area (Å²) in [5, 5.41) is -0.786. The lowest BCUT2D eigenvalue weighted by Gasteiger charge is -2.37. The first-order valence-electron chi connectivity index (χ1n) is 19.6. The van der Waals surface area contributed by atoms with Gasteiger partial charge in [0.1, 0.15) is 0 Å². The third-order valence-electron chi connectivity index (χ3n) is 12.3. The first-order valence-corrected chi connectivity index (χ1v) is 22.7. The van der Waals surface area contributed by atoms with Crippen LogP contribution in [0.4, 0.5) is 0 Å². The van der Waals surface area contributed by atoms with Crippen LogP contribution in [-0.2, 0) is 20.0 Å². The number of carbonyl (C=O) groups is 2. The maximum atomic E-state index is 14.6. The van der Waals surface area contributed by atoms with Gasteiger partial charge in [0.15, 0.2) is 11.6 Å². The molecule has 5 aliphatic carbocycles. The molecule has 2 aromatic carbocycles. The number of nitrogens with one attached hydrogen (secondary N) is 2. The second-order valence-corrected chi connectivity index (χ2v) is 21.0. The van der Waals surface area contributed by atoms with Gasteiger partial charge in [-0.1, -0.05) is 98.2 Å². The van der Waals surface area contributed by atoms with Crippen LogP contribution in [0.3, 0.4) is 0 Å². The van der Waals surface area contributed by atoms with E-state index < -0.39 is 41.6 Å². The van der Waals surface area contributed by atoms with E-state index in [0.717, 1.165) is 72.0 Å². The van der Waals surface area contributed by atoms with Gasteiger partial charge in [0.2, 0.25) is 20.0 Å². The fourth-order valence-corrected chi connectivity index (χ4v) is 14.2. The highest BCUT2D eigenvalue weighted by Gasteiger charge is 2.41. The monoisotopic (exact) mass is 770 g/mol. The number of carbonyl (C=O) groups excluding carboxylic acids is 2. The lowest BCUT2D eigenvalue weighted by molar-refractivity contribution is 0.0978. The molecular weight excluding hydrogens is 717 g/mol. The molecule has 54 heavy (non-hydrogen) atoms. The first-order chi connectivity index (χ1) is 25.4. The Kier molecular flexibility index (Phi) is 10.2. The quantitative estimate of drug-likeness (QED) is 0.236. The van der Waals surface area contributed by atoms with Gasteiger partial charge in [-0.05, 0) is 113 Å². The van der Waals surface area contributed by atoms with Crippen LogP contribution in [0.2, 0.25) is 0 Å². The molecule has 5 aliphatic rings. The van der Waals surface area contributed by atoms with Crippen molar-refractivity contribution in [3.63, 3.8) is 0 Å². The molecule has 0 spiro atoms. The predicted octanol–water partition coefficient (Wildman–Crippen LogP) is 8.73. The van der Waals surface area contributed by atoms with Gasteiger partial charge in [-0.25, -0.2) is 26.3 Å². The Bertz CT molecular complexity index is 2120. The Balaban J connectivity index is 1.29. The molecule has 8 nitrogen and oxygen atoms in total. The minimum Gasteiger partial charge on any atom is -0.289 e. The van der Waals surface area contributed by atoms with Gasteiger partial charge >= 0.3 is 0 Å². The van der Waals surface area contributed by atoms with Crippen molar-refractivity contribution in [1.82, 2.24) is 9.44 Å². The van der Waals surface area contributed by atoms with E-state index in [4.69, 9.17) is 0 Å². The van der Waals surface area contributed by atoms with E-state index in [1.54, 1.807) is 24.3 Å². The van der Waals surface area contributed by atoms with Crippen LogP contribution in [0.15, 0.2) is 70.8 Å².